The summed E-state index contributed by atoms with van der Waals surface area (Å²) in [6.45, 7) is 26.8. The molecule has 171 valence electrons. The van der Waals surface area contributed by atoms with Crippen LogP contribution in [0, 0.1) is 20.8 Å². The molecule has 0 fully saturated rings. The van der Waals surface area contributed by atoms with Crippen LogP contribution in [0.4, 0.5) is 0 Å². The Hall–Kier alpha value is -0.644. The fourth-order valence-corrected chi connectivity index (χ4v) is 0.864. The van der Waals surface area contributed by atoms with Crippen molar-refractivity contribution in [2.75, 3.05) is 26.9 Å². The molecule has 0 atom stereocenters. The first-order valence-electron chi connectivity index (χ1n) is 8.85. The van der Waals surface area contributed by atoms with E-state index in [2.05, 4.69) is 54.7 Å². The molecule has 0 rings (SSSR count). The van der Waals surface area contributed by atoms with Crippen molar-refractivity contribution in [3.8, 4) is 0 Å². The summed E-state index contributed by atoms with van der Waals surface area (Å²) >= 11 is 0. The average Bonchev–Trinajstić information content (AvgIpc) is 2.70. The maximum atomic E-state index is 10.6. The smallest absolute Gasteiger partial charge is 0.465 e. The first-order chi connectivity index (χ1) is 13.5. The Morgan fingerprint density at radius 1 is 0.645 bits per heavy atom. The SMILES string of the molecule is C=C(C)C(=O)OCC[CH2-].C=C(C)C(=O)OCC[CH2-].C=C(C)C(=O)OCC[CH2-].CO.[Zr+3].[Zr+4]. The van der Waals surface area contributed by atoms with Crippen molar-refractivity contribution in [3.63, 3.8) is 0 Å². The van der Waals surface area contributed by atoms with E-state index in [4.69, 9.17) is 5.11 Å². The first-order valence-corrected chi connectivity index (χ1v) is 8.85. The minimum atomic E-state index is -0.335. The van der Waals surface area contributed by atoms with Crippen LogP contribution in [-0.4, -0.2) is 49.9 Å². The van der Waals surface area contributed by atoms with Gasteiger partial charge in [-0.25, -0.2) is 14.4 Å². The Kier molecular flexibility index (Phi) is 48.3. The van der Waals surface area contributed by atoms with Crippen molar-refractivity contribution in [1.82, 2.24) is 0 Å². The molecule has 0 aliphatic heterocycles. The number of hydrogen-bond donors (Lipinski definition) is 1. The summed E-state index contributed by atoms with van der Waals surface area (Å²) in [6.07, 6.45) is 1.83. The third-order valence-corrected chi connectivity index (χ3v) is 2.18. The number of aliphatic hydroxyl groups excluding tert-OH is 1. The second kappa shape index (κ2) is 34.0. The molecule has 0 aliphatic rings. The molecule has 1 radical (unpaired) electrons. The van der Waals surface area contributed by atoms with Gasteiger partial charge in [-0.1, -0.05) is 19.7 Å². The van der Waals surface area contributed by atoms with E-state index in [9.17, 15) is 14.4 Å². The van der Waals surface area contributed by atoms with E-state index in [1.165, 1.54) is 0 Å². The average molecular weight is 596 g/mol. The van der Waals surface area contributed by atoms with Crippen molar-refractivity contribution in [1.29, 1.82) is 0 Å². The van der Waals surface area contributed by atoms with Crippen molar-refractivity contribution in [2.24, 2.45) is 0 Å². The number of ether oxygens (including phenoxy) is 3. The van der Waals surface area contributed by atoms with E-state index < -0.39 is 0 Å². The summed E-state index contributed by atoms with van der Waals surface area (Å²) in [5, 5.41) is 7.00. The molecule has 0 heterocycles. The van der Waals surface area contributed by atoms with E-state index in [1.807, 2.05) is 0 Å². The minimum Gasteiger partial charge on any atom is -0.465 e. The Bertz CT molecular complexity index is 433. The third kappa shape index (κ3) is 40.3. The van der Waals surface area contributed by atoms with Gasteiger partial charge in [0.15, 0.2) is 0 Å². The van der Waals surface area contributed by atoms with Crippen molar-refractivity contribution in [3.05, 3.63) is 57.2 Å². The van der Waals surface area contributed by atoms with Gasteiger partial charge in [0.2, 0.25) is 0 Å². The van der Waals surface area contributed by atoms with Gasteiger partial charge in [-0.05, 0) is 20.8 Å². The molecule has 0 amide bonds. The number of carbonyl (C=O) groups excluding carboxylic acids is 3. The van der Waals surface area contributed by atoms with Gasteiger partial charge in [0, 0.05) is 23.8 Å². The monoisotopic (exact) mass is 593 g/mol. The van der Waals surface area contributed by atoms with Crippen LogP contribution in [0.3, 0.4) is 0 Å². The second-order valence-electron chi connectivity index (χ2n) is 5.31. The van der Waals surface area contributed by atoms with Crippen LogP contribution in [0.15, 0.2) is 36.5 Å². The number of aliphatic hydroxyl groups is 1. The molecular formula is C22H37O7Zr2+4. The zero-order valence-electron chi connectivity index (χ0n) is 19.4. The van der Waals surface area contributed by atoms with Gasteiger partial charge < -0.3 is 40.1 Å². The van der Waals surface area contributed by atoms with E-state index in [-0.39, 0.29) is 70.3 Å². The van der Waals surface area contributed by atoms with Gasteiger partial charge in [-0.15, -0.1) is 19.3 Å². The molecule has 0 aromatic heterocycles. The largest absolute Gasteiger partial charge is 4.00 e. The molecular weight excluding hydrogens is 559 g/mol. The molecule has 0 saturated heterocycles. The summed E-state index contributed by atoms with van der Waals surface area (Å²) in [4.78, 5) is 31.7. The van der Waals surface area contributed by atoms with Gasteiger partial charge in [0.05, 0.1) is 19.8 Å². The summed E-state index contributed by atoms with van der Waals surface area (Å²) in [6, 6.07) is 0. The molecule has 0 unspecified atom stereocenters. The molecule has 1 N–H and O–H groups in total. The summed E-state index contributed by atoms with van der Waals surface area (Å²) in [7, 11) is 1.00. The first kappa shape index (κ1) is 44.1. The standard InChI is InChI=1S/3C7H11O2.CH4O.2Zr/c3*1-4-5-9-7(8)6(2)3;1-2;;/h3*1-2,4-5H2,3H3;2H,1H3;;/q3*-1;;+3;+4. The predicted octanol–water partition coefficient (Wildman–Crippen LogP) is 3.59. The Labute approximate surface area is 226 Å². The normalized spacial score (nSPS) is 7.74. The van der Waals surface area contributed by atoms with Crippen LogP contribution < -0.4 is 0 Å². The van der Waals surface area contributed by atoms with Crippen LogP contribution in [0.5, 0.6) is 0 Å². The van der Waals surface area contributed by atoms with Crippen LogP contribution >= 0.6 is 0 Å². The molecule has 31 heavy (non-hydrogen) atoms. The van der Waals surface area contributed by atoms with Gasteiger partial charge in [-0.2, -0.15) is 0 Å². The van der Waals surface area contributed by atoms with Crippen molar-refractivity contribution < 1.29 is 86.1 Å². The maximum Gasteiger partial charge on any atom is 4.00 e. The van der Waals surface area contributed by atoms with Gasteiger partial charge in [0.25, 0.3) is 0 Å². The van der Waals surface area contributed by atoms with E-state index in [1.54, 1.807) is 20.8 Å². The zero-order valence-corrected chi connectivity index (χ0v) is 24.3. The maximum absolute atomic E-state index is 10.6. The number of rotatable bonds is 9. The molecule has 0 aliphatic carbocycles. The molecule has 0 spiro atoms. The topological polar surface area (TPSA) is 99.1 Å². The number of esters is 3. The summed E-state index contributed by atoms with van der Waals surface area (Å²) in [5.41, 5.74) is 1.30. The molecule has 0 saturated carbocycles. The van der Waals surface area contributed by atoms with Crippen LogP contribution in [0.25, 0.3) is 0 Å². The van der Waals surface area contributed by atoms with Gasteiger partial charge in [0.1, 0.15) is 0 Å². The van der Waals surface area contributed by atoms with E-state index >= 15 is 0 Å². The Balaban J connectivity index is -0.0000000703. The zero-order chi connectivity index (χ0) is 23.8. The summed E-state index contributed by atoms with van der Waals surface area (Å²) < 4.78 is 14.0. The van der Waals surface area contributed by atoms with Crippen molar-refractivity contribution >= 4 is 17.9 Å². The summed E-state index contributed by atoms with van der Waals surface area (Å²) in [5.74, 6) is -1.00. The predicted molar refractivity (Wildman–Crippen MR) is 115 cm³/mol. The van der Waals surface area contributed by atoms with Crippen LogP contribution in [0.2, 0.25) is 0 Å². The van der Waals surface area contributed by atoms with Crippen molar-refractivity contribution in [2.45, 2.75) is 40.0 Å². The number of hydrogen-bond acceptors (Lipinski definition) is 7. The minimum absolute atomic E-state index is 0. The van der Waals surface area contributed by atoms with E-state index in [0.717, 1.165) is 7.11 Å². The molecule has 0 aromatic carbocycles. The Morgan fingerprint density at radius 2 is 0.806 bits per heavy atom. The Morgan fingerprint density at radius 3 is 0.903 bits per heavy atom. The molecule has 0 aromatic rings. The number of carbonyl (C=O) groups is 3. The third-order valence-electron chi connectivity index (χ3n) is 2.18. The quantitative estimate of drug-likeness (QED) is 0.188. The van der Waals surface area contributed by atoms with E-state index in [0.29, 0.717) is 55.8 Å². The fraction of sp³-hybridized carbons (Fsp3) is 0.455. The molecule has 0 bridgehead atoms. The second-order valence-corrected chi connectivity index (χ2v) is 5.31. The molecule has 9 heteroatoms. The fourth-order valence-electron chi connectivity index (χ4n) is 0.864. The van der Waals surface area contributed by atoms with Gasteiger partial charge >= 0.3 is 70.3 Å². The van der Waals surface area contributed by atoms with Crippen LogP contribution in [0.1, 0.15) is 40.0 Å². The molecule has 7 nitrogen and oxygen atoms in total. The van der Waals surface area contributed by atoms with Crippen LogP contribution in [-0.2, 0) is 81.0 Å². The van der Waals surface area contributed by atoms with Gasteiger partial charge in [-0.3, -0.25) is 0 Å².